The molecular weight excluding hydrogens is 282 g/mol. The van der Waals surface area contributed by atoms with Crippen LogP contribution in [0.25, 0.3) is 0 Å². The lowest BCUT2D eigenvalue weighted by Gasteiger charge is -2.08. The first-order valence-corrected chi connectivity index (χ1v) is 7.31. The van der Waals surface area contributed by atoms with E-state index in [-0.39, 0.29) is 16.3 Å². The van der Waals surface area contributed by atoms with Crippen molar-refractivity contribution >= 4 is 21.7 Å². The molecule has 0 spiro atoms. The van der Waals surface area contributed by atoms with Crippen LogP contribution < -0.4 is 4.72 Å². The average Bonchev–Trinajstić information content (AvgIpc) is 2.88. The van der Waals surface area contributed by atoms with Crippen LogP contribution in [0, 0.1) is 0 Å². The van der Waals surface area contributed by atoms with Crippen molar-refractivity contribution in [1.29, 1.82) is 0 Å². The lowest BCUT2D eigenvalue weighted by molar-refractivity contribution is 0.0698. The van der Waals surface area contributed by atoms with Gasteiger partial charge in [-0.05, 0) is 12.1 Å². The summed E-state index contributed by atoms with van der Waals surface area (Å²) >= 11 is 0. The number of aromatic amines is 1. The molecule has 0 aliphatic carbocycles. The quantitative estimate of drug-likeness (QED) is 0.773. The molecule has 3 N–H and O–H groups in total. The number of anilines is 1. The topological polar surface area (TPSA) is 112 Å². The molecule has 0 amide bonds. The summed E-state index contributed by atoms with van der Waals surface area (Å²) in [5.41, 5.74) is -0.112. The smallest absolute Gasteiger partial charge is 0.337 e. The number of H-pyrrole nitrogens is 1. The van der Waals surface area contributed by atoms with E-state index in [1.165, 1.54) is 24.4 Å². The molecule has 0 saturated carbocycles. The van der Waals surface area contributed by atoms with Gasteiger partial charge in [-0.3, -0.25) is 4.72 Å². The first kappa shape index (κ1) is 14.1. The Bertz CT molecular complexity index is 737. The Morgan fingerprint density at radius 3 is 2.70 bits per heavy atom. The largest absolute Gasteiger partial charge is 0.478 e. The first-order valence-electron chi connectivity index (χ1n) is 5.83. The normalized spacial score (nSPS) is 11.2. The van der Waals surface area contributed by atoms with Crippen LogP contribution in [0.1, 0.15) is 23.1 Å². The number of para-hydroxylation sites is 1. The lowest BCUT2D eigenvalue weighted by atomic mass is 10.2. The van der Waals surface area contributed by atoms with Crippen molar-refractivity contribution in [2.24, 2.45) is 0 Å². The predicted molar refractivity (Wildman–Crippen MR) is 72.2 cm³/mol. The van der Waals surface area contributed by atoms with Crippen molar-refractivity contribution in [1.82, 2.24) is 9.97 Å². The molecule has 106 valence electrons. The molecule has 0 aliphatic rings. The summed E-state index contributed by atoms with van der Waals surface area (Å²) in [6.45, 7) is 1.84. The van der Waals surface area contributed by atoms with E-state index >= 15 is 0 Å². The highest BCUT2D eigenvalue weighted by Gasteiger charge is 2.20. The summed E-state index contributed by atoms with van der Waals surface area (Å²) in [4.78, 5) is 17.6. The zero-order valence-corrected chi connectivity index (χ0v) is 11.4. The molecule has 0 atom stereocenters. The number of nitrogens with one attached hydrogen (secondary N) is 2. The molecular formula is C12H13N3O4S. The number of aryl methyl sites for hydroxylation is 1. The summed E-state index contributed by atoms with van der Waals surface area (Å²) in [6.07, 6.45) is 1.77. The number of carboxylic acids is 1. The second kappa shape index (κ2) is 5.33. The molecule has 0 fully saturated rings. The third-order valence-corrected chi connectivity index (χ3v) is 3.91. The maximum absolute atomic E-state index is 12.1. The average molecular weight is 295 g/mol. The predicted octanol–water partition coefficient (Wildman–Crippen LogP) is 1.47. The van der Waals surface area contributed by atoms with E-state index in [0.29, 0.717) is 12.2 Å². The van der Waals surface area contributed by atoms with E-state index < -0.39 is 16.0 Å². The maximum Gasteiger partial charge on any atom is 0.337 e. The number of nitrogens with zero attached hydrogens (tertiary/aromatic N) is 1. The number of hydrogen-bond donors (Lipinski definition) is 3. The second-order valence-corrected chi connectivity index (χ2v) is 5.65. The highest BCUT2D eigenvalue weighted by Crippen LogP contribution is 2.19. The van der Waals surface area contributed by atoms with Crippen LogP contribution in [0.3, 0.4) is 0 Å². The monoisotopic (exact) mass is 295 g/mol. The zero-order valence-electron chi connectivity index (χ0n) is 10.6. The van der Waals surface area contributed by atoms with Gasteiger partial charge in [-0.15, -0.1) is 0 Å². The van der Waals surface area contributed by atoms with Gasteiger partial charge in [-0.1, -0.05) is 19.1 Å². The molecule has 1 heterocycles. The Morgan fingerprint density at radius 2 is 2.10 bits per heavy atom. The molecule has 0 unspecified atom stereocenters. The Labute approximate surface area is 115 Å². The molecule has 0 radical (unpaired) electrons. The number of imidazole rings is 1. The van der Waals surface area contributed by atoms with Crippen LogP contribution >= 0.6 is 0 Å². The van der Waals surface area contributed by atoms with Gasteiger partial charge in [-0.2, -0.15) is 8.42 Å². The Hall–Kier alpha value is -2.35. The van der Waals surface area contributed by atoms with E-state index in [1.54, 1.807) is 6.07 Å². The van der Waals surface area contributed by atoms with E-state index in [4.69, 9.17) is 5.11 Å². The lowest BCUT2D eigenvalue weighted by Crippen LogP contribution is -2.16. The highest BCUT2D eigenvalue weighted by atomic mass is 32.2. The molecule has 7 nitrogen and oxygen atoms in total. The minimum Gasteiger partial charge on any atom is -0.478 e. The van der Waals surface area contributed by atoms with Crippen LogP contribution in [-0.4, -0.2) is 29.5 Å². The number of aromatic carboxylic acids is 1. The van der Waals surface area contributed by atoms with Crippen molar-refractivity contribution < 1.29 is 18.3 Å². The molecule has 8 heteroatoms. The summed E-state index contributed by atoms with van der Waals surface area (Å²) in [5.74, 6) is -0.668. The van der Waals surface area contributed by atoms with Gasteiger partial charge in [0.2, 0.25) is 0 Å². The fourth-order valence-electron chi connectivity index (χ4n) is 1.62. The molecule has 1 aromatic carbocycles. The summed E-state index contributed by atoms with van der Waals surface area (Å²) in [6, 6.07) is 5.78. The number of hydrogen-bond acceptors (Lipinski definition) is 4. The van der Waals surface area contributed by atoms with Gasteiger partial charge in [0, 0.05) is 6.42 Å². The first-order chi connectivity index (χ1) is 9.44. The minimum absolute atomic E-state index is 0.00708. The van der Waals surface area contributed by atoms with Crippen molar-refractivity contribution in [3.05, 3.63) is 41.9 Å². The van der Waals surface area contributed by atoms with Gasteiger partial charge < -0.3 is 10.1 Å². The van der Waals surface area contributed by atoms with E-state index in [0.717, 1.165) is 0 Å². The summed E-state index contributed by atoms with van der Waals surface area (Å²) in [5, 5.41) is 8.92. The number of rotatable bonds is 5. The fourth-order valence-corrected chi connectivity index (χ4v) is 2.64. The summed E-state index contributed by atoms with van der Waals surface area (Å²) < 4.78 is 26.5. The molecule has 1 aromatic heterocycles. The molecule has 2 rings (SSSR count). The third kappa shape index (κ3) is 2.80. The maximum atomic E-state index is 12.1. The molecule has 20 heavy (non-hydrogen) atoms. The second-order valence-electron chi connectivity index (χ2n) is 4.00. The van der Waals surface area contributed by atoms with Crippen LogP contribution in [0.15, 0.2) is 35.5 Å². The summed E-state index contributed by atoms with van der Waals surface area (Å²) in [7, 11) is -3.89. The van der Waals surface area contributed by atoms with Gasteiger partial charge in [0.15, 0.2) is 5.03 Å². The standard InChI is InChI=1S/C12H13N3O4S/c1-2-10-13-7-11(14-10)20(18,19)15-9-6-4-3-5-8(9)12(16)17/h3-7,15H,2H2,1H3,(H,13,14)(H,16,17). The Morgan fingerprint density at radius 1 is 1.40 bits per heavy atom. The number of sulfonamides is 1. The van der Waals surface area contributed by atoms with E-state index in [9.17, 15) is 13.2 Å². The Balaban J connectivity index is 2.36. The van der Waals surface area contributed by atoms with Gasteiger partial charge in [0.25, 0.3) is 10.0 Å². The van der Waals surface area contributed by atoms with Crippen molar-refractivity contribution in [3.63, 3.8) is 0 Å². The van der Waals surface area contributed by atoms with Crippen LogP contribution in [0.4, 0.5) is 5.69 Å². The van der Waals surface area contributed by atoms with Crippen LogP contribution in [0.5, 0.6) is 0 Å². The number of carbonyl (C=O) groups is 1. The van der Waals surface area contributed by atoms with E-state index in [2.05, 4.69) is 14.7 Å². The van der Waals surface area contributed by atoms with Crippen LogP contribution in [0.2, 0.25) is 0 Å². The van der Waals surface area contributed by atoms with Crippen molar-refractivity contribution in [2.75, 3.05) is 4.72 Å². The van der Waals surface area contributed by atoms with E-state index in [1.807, 2.05) is 6.92 Å². The highest BCUT2D eigenvalue weighted by molar-refractivity contribution is 7.92. The minimum atomic E-state index is -3.89. The molecule has 0 aliphatic heterocycles. The van der Waals surface area contributed by atoms with Gasteiger partial charge in [0.1, 0.15) is 5.82 Å². The fraction of sp³-hybridized carbons (Fsp3) is 0.167. The number of aromatic nitrogens is 2. The molecule has 0 saturated heterocycles. The number of benzene rings is 1. The van der Waals surface area contributed by atoms with Crippen LogP contribution in [-0.2, 0) is 16.4 Å². The van der Waals surface area contributed by atoms with Gasteiger partial charge in [0.05, 0.1) is 17.4 Å². The van der Waals surface area contributed by atoms with Crippen molar-refractivity contribution in [2.45, 2.75) is 18.4 Å². The number of carboxylic acid groups (broad SMARTS) is 1. The third-order valence-electron chi connectivity index (χ3n) is 2.63. The van der Waals surface area contributed by atoms with Gasteiger partial charge in [-0.25, -0.2) is 9.78 Å². The van der Waals surface area contributed by atoms with Gasteiger partial charge >= 0.3 is 5.97 Å². The van der Waals surface area contributed by atoms with Crippen molar-refractivity contribution in [3.8, 4) is 0 Å². The SMILES string of the molecule is CCc1ncc(S(=O)(=O)Nc2ccccc2C(=O)O)[nH]1. The zero-order chi connectivity index (χ0) is 14.8. The Kier molecular flexibility index (Phi) is 3.75. The molecule has 2 aromatic rings. The molecule has 0 bridgehead atoms.